The third-order valence-corrected chi connectivity index (χ3v) is 6.51. The highest BCUT2D eigenvalue weighted by molar-refractivity contribution is 5.95. The third kappa shape index (κ3) is 5.12. The normalized spacial score (nSPS) is 18.1. The fourth-order valence-electron chi connectivity index (χ4n) is 4.78. The van der Waals surface area contributed by atoms with Gasteiger partial charge in [-0.15, -0.1) is 0 Å². The molecule has 164 valence electrons. The Balaban J connectivity index is 1.33. The van der Waals surface area contributed by atoms with Crippen molar-refractivity contribution in [3.63, 3.8) is 0 Å². The van der Waals surface area contributed by atoms with E-state index in [9.17, 15) is 0 Å². The summed E-state index contributed by atoms with van der Waals surface area (Å²) < 4.78 is 11.5. The molecule has 0 spiro atoms. The van der Waals surface area contributed by atoms with Crippen molar-refractivity contribution < 1.29 is 9.47 Å². The lowest BCUT2D eigenvalue weighted by atomic mass is 10.1. The van der Waals surface area contributed by atoms with Gasteiger partial charge in [-0.25, -0.2) is 0 Å². The zero-order chi connectivity index (χ0) is 20.9. The summed E-state index contributed by atoms with van der Waals surface area (Å²) in [4.78, 5) is 6.08. The minimum Gasteiger partial charge on any atom is -0.381 e. The van der Waals surface area contributed by atoms with Gasteiger partial charge in [-0.05, 0) is 42.2 Å². The molecule has 31 heavy (non-hydrogen) atoms. The van der Waals surface area contributed by atoms with Crippen LogP contribution in [0.2, 0.25) is 0 Å². The highest BCUT2D eigenvalue weighted by atomic mass is 16.5. The van der Waals surface area contributed by atoms with E-state index in [1.807, 2.05) is 0 Å². The van der Waals surface area contributed by atoms with Crippen molar-refractivity contribution in [2.75, 3.05) is 44.8 Å². The molecule has 2 heterocycles. The largest absolute Gasteiger partial charge is 0.381 e. The van der Waals surface area contributed by atoms with Gasteiger partial charge in [0.15, 0.2) is 0 Å². The number of fused-ring (bicyclic) bond motifs is 1. The lowest BCUT2D eigenvalue weighted by molar-refractivity contribution is 0.0180. The van der Waals surface area contributed by atoms with Gasteiger partial charge in [0, 0.05) is 36.8 Å². The summed E-state index contributed by atoms with van der Waals surface area (Å²) in [6, 6.07) is 17.9. The van der Waals surface area contributed by atoms with E-state index in [1.165, 1.54) is 53.4 Å². The second-order valence-corrected chi connectivity index (χ2v) is 8.79. The smallest absolute Gasteiger partial charge is 0.0718 e. The van der Waals surface area contributed by atoms with Crippen molar-refractivity contribution in [3.05, 3.63) is 54.1 Å². The maximum Gasteiger partial charge on any atom is 0.0718 e. The number of morpholine rings is 1. The van der Waals surface area contributed by atoms with Gasteiger partial charge in [0.25, 0.3) is 0 Å². The number of nitrogens with zero attached hydrogens (tertiary/aromatic N) is 1. The molecule has 1 aliphatic carbocycles. The molecule has 5 heteroatoms. The zero-order valence-electron chi connectivity index (χ0n) is 18.2. The Hall–Kier alpha value is -2.34. The number of nitrogens with one attached hydrogen (secondary N) is 2. The number of aromatic amines is 1. The molecule has 1 aromatic heterocycles. The Morgan fingerprint density at radius 2 is 1.84 bits per heavy atom. The van der Waals surface area contributed by atoms with Crippen LogP contribution in [0.5, 0.6) is 0 Å². The number of hydrogen-bond acceptors (Lipinski definition) is 4. The van der Waals surface area contributed by atoms with Gasteiger partial charge in [-0.1, -0.05) is 43.2 Å². The number of aromatic nitrogens is 1. The molecule has 0 atom stereocenters. The molecule has 5 rings (SSSR count). The number of benzene rings is 2. The molecule has 1 aliphatic heterocycles. The lowest BCUT2D eigenvalue weighted by Crippen LogP contribution is -2.38. The molecule has 1 saturated carbocycles. The SMILES string of the molecule is c1ccc(-c2cc3cc(COCCN4CCOCC4)cc(NC4CCCC4)c3[nH]2)cc1. The summed E-state index contributed by atoms with van der Waals surface area (Å²) in [6.07, 6.45) is 5.17. The summed E-state index contributed by atoms with van der Waals surface area (Å²) in [5, 5.41) is 5.07. The molecule has 1 saturated heterocycles. The topological polar surface area (TPSA) is 49.5 Å². The van der Waals surface area contributed by atoms with Crippen LogP contribution < -0.4 is 5.32 Å². The van der Waals surface area contributed by atoms with E-state index < -0.39 is 0 Å². The maximum atomic E-state index is 6.07. The second kappa shape index (κ2) is 9.86. The summed E-state index contributed by atoms with van der Waals surface area (Å²) in [5.41, 5.74) is 6.01. The second-order valence-electron chi connectivity index (χ2n) is 8.79. The molecule has 2 N–H and O–H groups in total. The average molecular weight is 420 g/mol. The summed E-state index contributed by atoms with van der Waals surface area (Å²) in [7, 11) is 0. The first-order valence-electron chi connectivity index (χ1n) is 11.7. The number of anilines is 1. The van der Waals surface area contributed by atoms with Crippen molar-refractivity contribution in [3.8, 4) is 11.3 Å². The first kappa shape index (κ1) is 20.6. The molecule has 2 fully saturated rings. The Kier molecular flexibility index (Phi) is 6.54. The Morgan fingerprint density at radius 3 is 2.65 bits per heavy atom. The van der Waals surface area contributed by atoms with Crippen LogP contribution in [0.15, 0.2) is 48.5 Å². The molecule has 3 aromatic rings. The Labute approximate surface area is 184 Å². The first-order chi connectivity index (χ1) is 15.3. The van der Waals surface area contributed by atoms with Crippen molar-refractivity contribution in [2.24, 2.45) is 0 Å². The number of rotatable bonds is 8. The molecule has 2 aliphatic rings. The first-order valence-corrected chi connectivity index (χ1v) is 11.7. The average Bonchev–Trinajstić information content (AvgIpc) is 3.48. The minimum absolute atomic E-state index is 0.573. The van der Waals surface area contributed by atoms with E-state index in [4.69, 9.17) is 9.47 Å². The molecule has 0 unspecified atom stereocenters. The monoisotopic (exact) mass is 419 g/mol. The van der Waals surface area contributed by atoms with E-state index in [0.29, 0.717) is 12.6 Å². The predicted octanol–water partition coefficient (Wildman–Crippen LogP) is 5.04. The van der Waals surface area contributed by atoms with E-state index in [2.05, 4.69) is 63.7 Å². The summed E-state index contributed by atoms with van der Waals surface area (Å²) >= 11 is 0. The van der Waals surface area contributed by atoms with Crippen LogP contribution in [0.1, 0.15) is 31.2 Å². The van der Waals surface area contributed by atoms with E-state index in [-0.39, 0.29) is 0 Å². The van der Waals surface area contributed by atoms with Crippen molar-refractivity contribution in [2.45, 2.75) is 38.3 Å². The standard InChI is InChI=1S/C26H33N3O2/c1-2-6-21(7-3-1)24-18-22-16-20(19-31-15-12-29-10-13-30-14-11-29)17-25(26(22)28-24)27-23-8-4-5-9-23/h1-3,6-7,16-18,23,27-28H,4-5,8-15,19H2. The van der Waals surface area contributed by atoms with E-state index in [0.717, 1.165) is 45.1 Å². The van der Waals surface area contributed by atoms with Crippen molar-refractivity contribution in [1.82, 2.24) is 9.88 Å². The third-order valence-electron chi connectivity index (χ3n) is 6.51. The van der Waals surface area contributed by atoms with Crippen LogP contribution in [-0.2, 0) is 16.1 Å². The van der Waals surface area contributed by atoms with E-state index in [1.54, 1.807) is 0 Å². The fraction of sp³-hybridized carbons (Fsp3) is 0.462. The number of ether oxygens (including phenoxy) is 2. The van der Waals surface area contributed by atoms with Crippen LogP contribution in [0.3, 0.4) is 0 Å². The minimum atomic E-state index is 0.573. The Bertz CT molecular complexity index is 973. The van der Waals surface area contributed by atoms with Crippen molar-refractivity contribution >= 4 is 16.6 Å². The zero-order valence-corrected chi connectivity index (χ0v) is 18.2. The molecule has 0 bridgehead atoms. The van der Waals surface area contributed by atoms with Gasteiger partial charge in [0.1, 0.15) is 0 Å². The lowest BCUT2D eigenvalue weighted by Gasteiger charge is -2.26. The summed E-state index contributed by atoms with van der Waals surface area (Å²) in [5.74, 6) is 0. The van der Waals surface area contributed by atoms with Gasteiger partial charge in [0.05, 0.1) is 37.6 Å². The number of H-pyrrole nitrogens is 1. The van der Waals surface area contributed by atoms with Crippen LogP contribution >= 0.6 is 0 Å². The predicted molar refractivity (Wildman–Crippen MR) is 127 cm³/mol. The fourth-order valence-corrected chi connectivity index (χ4v) is 4.78. The van der Waals surface area contributed by atoms with Gasteiger partial charge in [-0.2, -0.15) is 0 Å². The summed E-state index contributed by atoms with van der Waals surface area (Å²) in [6.45, 7) is 6.07. The molecular formula is C26H33N3O2. The molecule has 0 radical (unpaired) electrons. The quantitative estimate of drug-likeness (QED) is 0.502. The highest BCUT2D eigenvalue weighted by Crippen LogP contribution is 2.32. The van der Waals surface area contributed by atoms with Crippen LogP contribution in [0.25, 0.3) is 22.2 Å². The van der Waals surface area contributed by atoms with Crippen LogP contribution in [-0.4, -0.2) is 55.4 Å². The molecular weight excluding hydrogens is 386 g/mol. The van der Waals surface area contributed by atoms with Crippen LogP contribution in [0.4, 0.5) is 5.69 Å². The highest BCUT2D eigenvalue weighted by Gasteiger charge is 2.17. The van der Waals surface area contributed by atoms with E-state index >= 15 is 0 Å². The Morgan fingerprint density at radius 1 is 1.03 bits per heavy atom. The van der Waals surface area contributed by atoms with Gasteiger partial charge in [-0.3, -0.25) is 4.90 Å². The van der Waals surface area contributed by atoms with Crippen LogP contribution in [0, 0.1) is 0 Å². The molecule has 2 aromatic carbocycles. The molecule has 0 amide bonds. The van der Waals surface area contributed by atoms with Gasteiger partial charge < -0.3 is 19.8 Å². The maximum absolute atomic E-state index is 6.07. The number of hydrogen-bond donors (Lipinski definition) is 2. The molecule has 5 nitrogen and oxygen atoms in total. The van der Waals surface area contributed by atoms with Crippen molar-refractivity contribution in [1.29, 1.82) is 0 Å². The van der Waals surface area contributed by atoms with Gasteiger partial charge >= 0.3 is 0 Å². The van der Waals surface area contributed by atoms with Gasteiger partial charge in [0.2, 0.25) is 0 Å².